The third kappa shape index (κ3) is 4.34. The number of aromatic nitrogens is 1. The van der Waals surface area contributed by atoms with Crippen molar-refractivity contribution in [3.8, 4) is 0 Å². The van der Waals surface area contributed by atoms with Gasteiger partial charge < -0.3 is 19.4 Å². The van der Waals surface area contributed by atoms with Crippen LogP contribution in [0.1, 0.15) is 35.8 Å². The Morgan fingerprint density at radius 2 is 1.96 bits per heavy atom. The molecule has 0 aliphatic rings. The topological polar surface area (TPSA) is 84.7 Å². The van der Waals surface area contributed by atoms with Crippen LogP contribution in [0.2, 0.25) is 0 Å². The molecule has 0 aliphatic heterocycles. The molecule has 1 N–H and O–H groups in total. The molecule has 128 valence electrons. The summed E-state index contributed by atoms with van der Waals surface area (Å²) in [6.07, 6.45) is 1.22. The average Bonchev–Trinajstić information content (AvgIpc) is 3.02. The maximum Gasteiger partial charge on any atom is 0.360 e. The lowest BCUT2D eigenvalue weighted by Gasteiger charge is -2.25. The first-order chi connectivity index (χ1) is 11.4. The summed E-state index contributed by atoms with van der Waals surface area (Å²) in [5.41, 5.74) is 1.90. The number of oxazole rings is 1. The van der Waals surface area contributed by atoms with Crippen molar-refractivity contribution in [3.05, 3.63) is 47.7 Å². The Morgan fingerprint density at radius 1 is 1.29 bits per heavy atom. The van der Waals surface area contributed by atoms with E-state index < -0.39 is 5.97 Å². The molecule has 2 aromatic rings. The smallest absolute Gasteiger partial charge is 0.360 e. The Bertz CT molecular complexity index is 707. The van der Waals surface area contributed by atoms with Crippen LogP contribution in [0.3, 0.4) is 0 Å². The van der Waals surface area contributed by atoms with Crippen molar-refractivity contribution in [1.82, 2.24) is 9.88 Å². The summed E-state index contributed by atoms with van der Waals surface area (Å²) in [7, 11) is 1.27. The molecule has 1 aromatic carbocycles. The Labute approximate surface area is 140 Å². The maximum absolute atomic E-state index is 12.5. The second-order valence-corrected chi connectivity index (χ2v) is 5.64. The molecular formula is C17H21N3O4. The first kappa shape index (κ1) is 17.5. The number of hydrogen-bond donors (Lipinski definition) is 1. The van der Waals surface area contributed by atoms with Gasteiger partial charge in [0.1, 0.15) is 6.26 Å². The Balaban J connectivity index is 2.08. The van der Waals surface area contributed by atoms with E-state index in [9.17, 15) is 9.59 Å². The lowest BCUT2D eigenvalue weighted by Crippen LogP contribution is -2.39. The van der Waals surface area contributed by atoms with Crippen molar-refractivity contribution >= 4 is 17.7 Å². The molecule has 0 fully saturated rings. The summed E-state index contributed by atoms with van der Waals surface area (Å²) in [6, 6.07) is 7.17. The number of hydrogen-bond acceptors (Lipinski definition) is 5. The number of ether oxygens (including phenoxy) is 1. The third-order valence-corrected chi connectivity index (χ3v) is 3.44. The average molecular weight is 331 g/mol. The van der Waals surface area contributed by atoms with E-state index in [0.717, 1.165) is 5.56 Å². The van der Waals surface area contributed by atoms with Crippen molar-refractivity contribution in [2.45, 2.75) is 33.4 Å². The predicted molar refractivity (Wildman–Crippen MR) is 88.7 cm³/mol. The van der Waals surface area contributed by atoms with Gasteiger partial charge in [0, 0.05) is 11.7 Å². The Morgan fingerprint density at radius 3 is 2.54 bits per heavy atom. The molecule has 0 aliphatic carbocycles. The van der Waals surface area contributed by atoms with E-state index >= 15 is 0 Å². The van der Waals surface area contributed by atoms with Crippen molar-refractivity contribution < 1.29 is 18.7 Å². The van der Waals surface area contributed by atoms with E-state index in [1.54, 1.807) is 4.90 Å². The van der Waals surface area contributed by atoms with Gasteiger partial charge in [0.15, 0.2) is 5.69 Å². The first-order valence-corrected chi connectivity index (χ1v) is 7.57. The van der Waals surface area contributed by atoms with Gasteiger partial charge in [-0.3, -0.25) is 0 Å². The lowest BCUT2D eigenvalue weighted by atomic mass is 10.2. The number of esters is 1. The summed E-state index contributed by atoms with van der Waals surface area (Å²) in [5.74, 6) is -0.312. The van der Waals surface area contributed by atoms with Gasteiger partial charge in [-0.1, -0.05) is 17.7 Å². The minimum absolute atomic E-state index is 0.0788. The van der Waals surface area contributed by atoms with Crippen molar-refractivity contribution in [1.29, 1.82) is 0 Å². The fraction of sp³-hybridized carbons (Fsp3) is 0.353. The lowest BCUT2D eigenvalue weighted by molar-refractivity contribution is 0.0594. The van der Waals surface area contributed by atoms with E-state index in [4.69, 9.17) is 4.42 Å². The number of nitrogens with zero attached hydrogens (tertiary/aromatic N) is 2. The molecule has 0 bridgehead atoms. The summed E-state index contributed by atoms with van der Waals surface area (Å²) < 4.78 is 9.83. The third-order valence-electron chi connectivity index (χ3n) is 3.44. The summed E-state index contributed by atoms with van der Waals surface area (Å²) in [5, 5.41) is 2.84. The van der Waals surface area contributed by atoms with Crippen LogP contribution in [0.5, 0.6) is 0 Å². The Hall–Kier alpha value is -2.83. The molecule has 0 unspecified atom stereocenters. The fourth-order valence-corrected chi connectivity index (χ4v) is 2.05. The molecule has 0 saturated carbocycles. The number of methoxy groups -OCH3 is 1. The number of aryl methyl sites for hydroxylation is 1. The molecule has 7 nitrogen and oxygen atoms in total. The Kier molecular flexibility index (Phi) is 5.57. The molecule has 0 radical (unpaired) electrons. The zero-order valence-corrected chi connectivity index (χ0v) is 14.2. The highest BCUT2D eigenvalue weighted by Gasteiger charge is 2.21. The van der Waals surface area contributed by atoms with E-state index in [-0.39, 0.29) is 30.2 Å². The minimum Gasteiger partial charge on any atom is -0.464 e. The molecule has 24 heavy (non-hydrogen) atoms. The summed E-state index contributed by atoms with van der Waals surface area (Å²) >= 11 is 0. The number of carbonyl (C=O) groups is 2. The van der Waals surface area contributed by atoms with Crippen LogP contribution in [0.4, 0.5) is 10.5 Å². The van der Waals surface area contributed by atoms with Gasteiger partial charge >= 0.3 is 12.0 Å². The molecule has 2 amide bonds. The fourth-order valence-electron chi connectivity index (χ4n) is 2.05. The molecule has 7 heteroatoms. The van der Waals surface area contributed by atoms with E-state index in [1.165, 1.54) is 13.4 Å². The zero-order valence-electron chi connectivity index (χ0n) is 14.2. The van der Waals surface area contributed by atoms with Crippen LogP contribution < -0.4 is 5.32 Å². The van der Waals surface area contributed by atoms with Crippen molar-refractivity contribution in [3.63, 3.8) is 0 Å². The van der Waals surface area contributed by atoms with E-state index in [1.807, 2.05) is 45.0 Å². The van der Waals surface area contributed by atoms with Crippen LogP contribution in [0.25, 0.3) is 0 Å². The largest absolute Gasteiger partial charge is 0.464 e. The van der Waals surface area contributed by atoms with Crippen LogP contribution in [0.15, 0.2) is 34.9 Å². The van der Waals surface area contributed by atoms with Gasteiger partial charge in [-0.2, -0.15) is 0 Å². The number of rotatable bonds is 5. The molecule has 1 heterocycles. The predicted octanol–water partition coefficient (Wildman–Crippen LogP) is 3.21. The molecular weight excluding hydrogens is 310 g/mol. The molecule has 2 rings (SSSR count). The number of carbonyl (C=O) groups excluding carboxylic acids is 2. The molecule has 0 saturated heterocycles. The quantitative estimate of drug-likeness (QED) is 0.850. The van der Waals surface area contributed by atoms with Crippen LogP contribution in [-0.4, -0.2) is 35.0 Å². The van der Waals surface area contributed by atoms with Gasteiger partial charge in [0.25, 0.3) is 0 Å². The molecule has 0 atom stereocenters. The first-order valence-electron chi connectivity index (χ1n) is 7.57. The van der Waals surface area contributed by atoms with Gasteiger partial charge in [0.2, 0.25) is 5.89 Å². The monoisotopic (exact) mass is 331 g/mol. The van der Waals surface area contributed by atoms with Crippen LogP contribution >= 0.6 is 0 Å². The second kappa shape index (κ2) is 7.63. The highest BCUT2D eigenvalue weighted by molar-refractivity contribution is 5.89. The van der Waals surface area contributed by atoms with Gasteiger partial charge in [-0.25, -0.2) is 14.6 Å². The highest BCUT2D eigenvalue weighted by atomic mass is 16.5. The zero-order chi connectivity index (χ0) is 17.7. The normalized spacial score (nSPS) is 10.5. The molecule has 1 aromatic heterocycles. The van der Waals surface area contributed by atoms with Crippen molar-refractivity contribution in [2.75, 3.05) is 12.4 Å². The number of benzene rings is 1. The minimum atomic E-state index is -0.579. The van der Waals surface area contributed by atoms with Gasteiger partial charge in [0.05, 0.1) is 13.7 Å². The number of urea groups is 1. The van der Waals surface area contributed by atoms with Gasteiger partial charge in [-0.05, 0) is 32.9 Å². The molecule has 0 spiro atoms. The highest BCUT2D eigenvalue weighted by Crippen LogP contribution is 2.14. The SMILES string of the molecule is COC(=O)c1coc(CN(C(=O)Nc2ccc(C)cc2)C(C)C)n1. The summed E-state index contributed by atoms with van der Waals surface area (Å²) in [4.78, 5) is 29.5. The summed E-state index contributed by atoms with van der Waals surface area (Å²) in [6.45, 7) is 5.90. The standard InChI is InChI=1S/C17H21N3O4/c1-11(2)20(9-15-19-14(10-24-15)16(21)23-4)17(22)18-13-7-5-12(3)6-8-13/h5-8,10-11H,9H2,1-4H3,(H,18,22). The van der Waals surface area contributed by atoms with Gasteiger partial charge in [-0.15, -0.1) is 0 Å². The van der Waals surface area contributed by atoms with E-state index in [0.29, 0.717) is 5.69 Å². The van der Waals surface area contributed by atoms with Crippen LogP contribution in [-0.2, 0) is 11.3 Å². The van der Waals surface area contributed by atoms with E-state index in [2.05, 4.69) is 15.0 Å². The number of amides is 2. The van der Waals surface area contributed by atoms with Crippen LogP contribution in [0, 0.1) is 6.92 Å². The number of anilines is 1. The maximum atomic E-state index is 12.5. The second-order valence-electron chi connectivity index (χ2n) is 5.64. The number of nitrogens with one attached hydrogen (secondary N) is 1. The van der Waals surface area contributed by atoms with Crippen molar-refractivity contribution in [2.24, 2.45) is 0 Å².